The van der Waals surface area contributed by atoms with Crippen molar-refractivity contribution in [3.8, 4) is 0 Å². The van der Waals surface area contributed by atoms with Crippen LogP contribution in [0.4, 0.5) is 0 Å². The summed E-state index contributed by atoms with van der Waals surface area (Å²) in [6, 6.07) is 9.18. The molecule has 2 heteroatoms. The smallest absolute Gasteiger partial charge is 0.0424 e. The molecule has 0 bridgehead atoms. The quantitative estimate of drug-likeness (QED) is 0.826. The van der Waals surface area contributed by atoms with Crippen molar-refractivity contribution in [2.45, 2.75) is 39.3 Å². The summed E-state index contributed by atoms with van der Waals surface area (Å²) in [6.07, 6.45) is 1.16. The number of hydrogen-bond donors (Lipinski definition) is 1. The fourth-order valence-electron chi connectivity index (χ4n) is 1.81. The highest BCUT2D eigenvalue weighted by atomic mass is 15.1. The lowest BCUT2D eigenvalue weighted by Crippen LogP contribution is -2.35. The zero-order valence-electron chi connectivity index (χ0n) is 10.9. The molecule has 90 valence electrons. The summed E-state index contributed by atoms with van der Waals surface area (Å²) in [7, 11) is 2.14. The molecule has 1 rings (SSSR count). The highest BCUT2D eigenvalue weighted by molar-refractivity contribution is 5.25. The van der Waals surface area contributed by atoms with Gasteiger partial charge in [0, 0.05) is 18.6 Å². The van der Waals surface area contributed by atoms with Crippen molar-refractivity contribution in [1.82, 2.24) is 4.90 Å². The van der Waals surface area contributed by atoms with Crippen LogP contribution in [-0.4, -0.2) is 24.5 Å². The van der Waals surface area contributed by atoms with E-state index in [1.807, 2.05) is 0 Å². The molecule has 0 saturated carbocycles. The van der Waals surface area contributed by atoms with Crippen molar-refractivity contribution in [1.29, 1.82) is 0 Å². The topological polar surface area (TPSA) is 29.3 Å². The predicted molar refractivity (Wildman–Crippen MR) is 70.5 cm³/mol. The number of rotatable bonds is 5. The van der Waals surface area contributed by atoms with Crippen molar-refractivity contribution < 1.29 is 0 Å². The van der Waals surface area contributed by atoms with Gasteiger partial charge in [-0.05, 0) is 32.9 Å². The Balaban J connectivity index is 2.61. The second-order valence-corrected chi connectivity index (χ2v) is 4.72. The first kappa shape index (κ1) is 13.2. The molecular weight excluding hydrogens is 196 g/mol. The molecule has 2 atom stereocenters. The molecule has 0 radical (unpaired) electrons. The molecule has 0 fully saturated rings. The van der Waals surface area contributed by atoms with E-state index >= 15 is 0 Å². The highest BCUT2D eigenvalue weighted by Crippen LogP contribution is 2.14. The van der Waals surface area contributed by atoms with E-state index in [0.29, 0.717) is 6.04 Å². The molecule has 0 spiro atoms. The maximum atomic E-state index is 6.22. The number of hydrogen-bond acceptors (Lipinski definition) is 2. The van der Waals surface area contributed by atoms with E-state index in [2.05, 4.69) is 57.0 Å². The molecular formula is C14H24N2. The molecule has 1 aromatic carbocycles. The summed E-state index contributed by atoms with van der Waals surface area (Å²) in [5, 5.41) is 0. The van der Waals surface area contributed by atoms with Crippen LogP contribution in [0.3, 0.4) is 0 Å². The Hall–Kier alpha value is -0.860. The van der Waals surface area contributed by atoms with Gasteiger partial charge in [-0.1, -0.05) is 36.8 Å². The molecule has 1 aromatic rings. The lowest BCUT2D eigenvalue weighted by Gasteiger charge is -2.26. The Morgan fingerprint density at radius 3 is 2.62 bits per heavy atom. The number of nitrogens with zero attached hydrogens (tertiary/aromatic N) is 1. The summed E-state index contributed by atoms with van der Waals surface area (Å²) in [5.41, 5.74) is 8.72. The SMILES string of the molecule is CCC(C)N(C)CC(N)c1cccc(C)c1. The molecule has 0 aromatic heterocycles. The summed E-state index contributed by atoms with van der Waals surface area (Å²) >= 11 is 0. The monoisotopic (exact) mass is 220 g/mol. The fraction of sp³-hybridized carbons (Fsp3) is 0.571. The summed E-state index contributed by atoms with van der Waals surface area (Å²) in [4.78, 5) is 2.33. The molecule has 2 unspecified atom stereocenters. The molecule has 0 aliphatic rings. The van der Waals surface area contributed by atoms with Crippen LogP contribution >= 0.6 is 0 Å². The van der Waals surface area contributed by atoms with Gasteiger partial charge in [0.25, 0.3) is 0 Å². The van der Waals surface area contributed by atoms with Crippen molar-refractivity contribution >= 4 is 0 Å². The Kier molecular flexibility index (Phi) is 4.97. The molecule has 0 amide bonds. The minimum Gasteiger partial charge on any atom is -0.323 e. The van der Waals surface area contributed by atoms with Gasteiger partial charge >= 0.3 is 0 Å². The first-order valence-electron chi connectivity index (χ1n) is 6.07. The van der Waals surface area contributed by atoms with Gasteiger partial charge in [0.15, 0.2) is 0 Å². The lowest BCUT2D eigenvalue weighted by atomic mass is 10.0. The zero-order chi connectivity index (χ0) is 12.1. The number of aryl methyl sites for hydroxylation is 1. The third kappa shape index (κ3) is 3.62. The van der Waals surface area contributed by atoms with Gasteiger partial charge in [-0.2, -0.15) is 0 Å². The van der Waals surface area contributed by atoms with Gasteiger partial charge < -0.3 is 10.6 Å². The van der Waals surface area contributed by atoms with Crippen LogP contribution in [0.2, 0.25) is 0 Å². The normalized spacial score (nSPS) is 15.1. The van der Waals surface area contributed by atoms with E-state index in [-0.39, 0.29) is 6.04 Å². The van der Waals surface area contributed by atoms with Crippen molar-refractivity contribution in [2.75, 3.05) is 13.6 Å². The molecule has 2 nitrogen and oxygen atoms in total. The molecule has 0 heterocycles. The van der Waals surface area contributed by atoms with Gasteiger partial charge in [0.1, 0.15) is 0 Å². The van der Waals surface area contributed by atoms with Crippen LogP contribution in [-0.2, 0) is 0 Å². The average molecular weight is 220 g/mol. The van der Waals surface area contributed by atoms with Crippen molar-refractivity contribution in [2.24, 2.45) is 5.73 Å². The van der Waals surface area contributed by atoms with E-state index in [1.165, 1.54) is 11.1 Å². The fourth-order valence-corrected chi connectivity index (χ4v) is 1.81. The van der Waals surface area contributed by atoms with E-state index in [4.69, 9.17) is 5.73 Å². The van der Waals surface area contributed by atoms with Crippen molar-refractivity contribution in [3.05, 3.63) is 35.4 Å². The summed E-state index contributed by atoms with van der Waals surface area (Å²) in [6.45, 7) is 7.47. The molecule has 0 aliphatic carbocycles. The average Bonchev–Trinajstić information content (AvgIpc) is 2.27. The zero-order valence-corrected chi connectivity index (χ0v) is 10.9. The third-order valence-corrected chi connectivity index (χ3v) is 3.30. The largest absolute Gasteiger partial charge is 0.323 e. The van der Waals surface area contributed by atoms with Gasteiger partial charge in [0.05, 0.1) is 0 Å². The molecule has 16 heavy (non-hydrogen) atoms. The molecule has 2 N–H and O–H groups in total. The van der Waals surface area contributed by atoms with E-state index in [1.54, 1.807) is 0 Å². The Bertz CT molecular complexity index is 322. The second-order valence-electron chi connectivity index (χ2n) is 4.72. The van der Waals surface area contributed by atoms with Gasteiger partial charge in [-0.15, -0.1) is 0 Å². The second kappa shape index (κ2) is 6.02. The maximum absolute atomic E-state index is 6.22. The van der Waals surface area contributed by atoms with Gasteiger partial charge in [-0.3, -0.25) is 0 Å². The van der Waals surface area contributed by atoms with Crippen LogP contribution < -0.4 is 5.73 Å². The molecule has 0 aliphatic heterocycles. The van der Waals surface area contributed by atoms with Crippen molar-refractivity contribution in [3.63, 3.8) is 0 Å². The van der Waals surface area contributed by atoms with E-state index in [9.17, 15) is 0 Å². The van der Waals surface area contributed by atoms with E-state index < -0.39 is 0 Å². The maximum Gasteiger partial charge on any atom is 0.0424 e. The van der Waals surface area contributed by atoms with Crippen LogP contribution in [0.5, 0.6) is 0 Å². The van der Waals surface area contributed by atoms with E-state index in [0.717, 1.165) is 13.0 Å². The molecule has 0 saturated heterocycles. The Labute approximate surface area is 99.5 Å². The minimum absolute atomic E-state index is 0.110. The third-order valence-electron chi connectivity index (χ3n) is 3.30. The van der Waals surface area contributed by atoms with Crippen LogP contribution in [0.25, 0.3) is 0 Å². The van der Waals surface area contributed by atoms with Crippen LogP contribution in [0, 0.1) is 6.92 Å². The first-order chi connectivity index (χ1) is 7.54. The summed E-state index contributed by atoms with van der Waals surface area (Å²) < 4.78 is 0. The highest BCUT2D eigenvalue weighted by Gasteiger charge is 2.12. The standard InChI is InChI=1S/C14H24N2/c1-5-12(3)16(4)10-14(15)13-8-6-7-11(2)9-13/h6-9,12,14H,5,10,15H2,1-4H3. The lowest BCUT2D eigenvalue weighted by molar-refractivity contribution is 0.237. The number of benzene rings is 1. The minimum atomic E-state index is 0.110. The number of likely N-dealkylation sites (N-methyl/N-ethyl adjacent to an activating group) is 1. The van der Waals surface area contributed by atoms with Crippen LogP contribution in [0.15, 0.2) is 24.3 Å². The number of nitrogens with two attached hydrogens (primary N) is 1. The Morgan fingerprint density at radius 1 is 1.38 bits per heavy atom. The van der Waals surface area contributed by atoms with Crippen LogP contribution in [0.1, 0.15) is 37.4 Å². The first-order valence-corrected chi connectivity index (χ1v) is 6.07. The Morgan fingerprint density at radius 2 is 2.06 bits per heavy atom. The van der Waals surface area contributed by atoms with Gasteiger partial charge in [0.2, 0.25) is 0 Å². The van der Waals surface area contributed by atoms with Gasteiger partial charge in [-0.25, -0.2) is 0 Å². The summed E-state index contributed by atoms with van der Waals surface area (Å²) in [5.74, 6) is 0. The predicted octanol–water partition coefficient (Wildman–Crippen LogP) is 2.73.